The monoisotopic (exact) mass is 232 g/mol. The molecule has 15 heavy (non-hydrogen) atoms. The van der Waals surface area contributed by atoms with Crippen molar-refractivity contribution in [1.82, 2.24) is 9.21 Å². The first kappa shape index (κ1) is 12.2. The average molecular weight is 232 g/mol. The smallest absolute Gasteiger partial charge is 0.246 e. The maximum absolute atomic E-state index is 11.3. The normalized spacial score (nSPS) is 23.9. The second kappa shape index (κ2) is 4.32. The van der Waals surface area contributed by atoms with Crippen LogP contribution in [0.5, 0.6) is 0 Å². The highest BCUT2D eigenvalue weighted by atomic mass is 32.2. The van der Waals surface area contributed by atoms with Crippen molar-refractivity contribution in [3.63, 3.8) is 0 Å². The molecule has 0 N–H and O–H groups in total. The summed E-state index contributed by atoms with van der Waals surface area (Å²) in [6, 6.07) is -0.169. The molecule has 0 bridgehead atoms. The van der Waals surface area contributed by atoms with Gasteiger partial charge in [0.25, 0.3) is 0 Å². The zero-order valence-electron chi connectivity index (χ0n) is 9.01. The maximum atomic E-state index is 11.3. The molecule has 0 unspecified atom stereocenters. The van der Waals surface area contributed by atoms with Crippen LogP contribution in [0.2, 0.25) is 0 Å². The summed E-state index contributed by atoms with van der Waals surface area (Å²) in [4.78, 5) is 12.9. The van der Waals surface area contributed by atoms with Crippen molar-refractivity contribution in [1.29, 1.82) is 0 Å². The molecular weight excluding hydrogens is 216 g/mol. The number of carbonyl (C=O) groups is 1. The van der Waals surface area contributed by atoms with E-state index in [1.54, 1.807) is 11.8 Å². The topological polar surface area (TPSA) is 57.7 Å². The molecule has 1 aliphatic rings. The van der Waals surface area contributed by atoms with Crippen molar-refractivity contribution in [2.75, 3.05) is 25.9 Å². The van der Waals surface area contributed by atoms with Gasteiger partial charge < -0.3 is 4.90 Å². The van der Waals surface area contributed by atoms with E-state index in [0.717, 1.165) is 0 Å². The van der Waals surface area contributed by atoms with E-state index < -0.39 is 10.0 Å². The molecule has 0 aromatic rings. The second-order valence-corrected chi connectivity index (χ2v) is 5.65. The summed E-state index contributed by atoms with van der Waals surface area (Å²) < 4.78 is 24.1. The number of hydrogen-bond donors (Lipinski definition) is 0. The molecule has 1 rings (SSSR count). The average Bonchev–Trinajstić information content (AvgIpc) is 2.14. The van der Waals surface area contributed by atoms with Crippen LogP contribution in [0.25, 0.3) is 0 Å². The van der Waals surface area contributed by atoms with Crippen LogP contribution in [0, 0.1) is 0 Å². The van der Waals surface area contributed by atoms with Crippen molar-refractivity contribution in [3.05, 3.63) is 12.7 Å². The lowest BCUT2D eigenvalue weighted by Gasteiger charge is -2.37. The number of piperazine rings is 1. The molecule has 0 aromatic carbocycles. The molecule has 1 atom stereocenters. The predicted octanol–water partition coefficient (Wildman–Crippen LogP) is -0.335. The SMILES string of the molecule is C=CC(=O)N1CCN(S(C)(=O)=O)[C@H](C)C1. The van der Waals surface area contributed by atoms with Crippen molar-refractivity contribution >= 4 is 15.9 Å². The van der Waals surface area contributed by atoms with E-state index in [-0.39, 0.29) is 11.9 Å². The summed E-state index contributed by atoms with van der Waals surface area (Å²) in [6.07, 6.45) is 2.44. The van der Waals surface area contributed by atoms with Crippen LogP contribution < -0.4 is 0 Å². The summed E-state index contributed by atoms with van der Waals surface area (Å²) in [6.45, 7) is 6.42. The lowest BCUT2D eigenvalue weighted by molar-refractivity contribution is -0.127. The van der Waals surface area contributed by atoms with E-state index in [9.17, 15) is 13.2 Å². The standard InChI is InChI=1S/C9H16N2O3S/c1-4-9(12)10-5-6-11(8(2)7-10)15(3,13)14/h4,8H,1,5-7H2,2-3H3/t8-/m1/s1. The van der Waals surface area contributed by atoms with E-state index in [2.05, 4.69) is 6.58 Å². The minimum absolute atomic E-state index is 0.144. The fourth-order valence-corrected chi connectivity index (χ4v) is 2.90. The first-order valence-electron chi connectivity index (χ1n) is 4.74. The first-order valence-corrected chi connectivity index (χ1v) is 6.59. The van der Waals surface area contributed by atoms with Gasteiger partial charge in [0, 0.05) is 25.7 Å². The minimum Gasteiger partial charge on any atom is -0.336 e. The number of hydrogen-bond acceptors (Lipinski definition) is 3. The Morgan fingerprint density at radius 3 is 2.47 bits per heavy atom. The van der Waals surface area contributed by atoms with E-state index in [1.807, 2.05) is 0 Å². The van der Waals surface area contributed by atoms with E-state index in [4.69, 9.17) is 0 Å². The van der Waals surface area contributed by atoms with Crippen molar-refractivity contribution < 1.29 is 13.2 Å². The van der Waals surface area contributed by atoms with Gasteiger partial charge in [-0.1, -0.05) is 6.58 Å². The highest BCUT2D eigenvalue weighted by molar-refractivity contribution is 7.88. The molecule has 1 fully saturated rings. The predicted molar refractivity (Wildman–Crippen MR) is 57.8 cm³/mol. The first-order chi connectivity index (χ1) is 6.86. The molecular formula is C9H16N2O3S. The van der Waals surface area contributed by atoms with Crippen LogP contribution in [0.3, 0.4) is 0 Å². The van der Waals surface area contributed by atoms with E-state index in [1.165, 1.54) is 16.6 Å². The van der Waals surface area contributed by atoms with Crippen LogP contribution in [-0.4, -0.2) is 55.5 Å². The highest BCUT2D eigenvalue weighted by Gasteiger charge is 2.30. The summed E-state index contributed by atoms with van der Waals surface area (Å²) in [7, 11) is -3.16. The molecule has 0 radical (unpaired) electrons. The van der Waals surface area contributed by atoms with E-state index in [0.29, 0.717) is 19.6 Å². The Hall–Kier alpha value is -0.880. The molecule has 0 spiro atoms. The Morgan fingerprint density at radius 2 is 2.07 bits per heavy atom. The Kier molecular flexibility index (Phi) is 3.51. The third-order valence-electron chi connectivity index (χ3n) is 2.48. The van der Waals surface area contributed by atoms with Gasteiger partial charge in [0.05, 0.1) is 6.26 Å². The van der Waals surface area contributed by atoms with Crippen LogP contribution in [-0.2, 0) is 14.8 Å². The zero-order valence-corrected chi connectivity index (χ0v) is 9.83. The number of nitrogens with zero attached hydrogens (tertiary/aromatic N) is 2. The molecule has 1 saturated heterocycles. The van der Waals surface area contributed by atoms with Crippen molar-refractivity contribution in [3.8, 4) is 0 Å². The van der Waals surface area contributed by atoms with Crippen LogP contribution in [0.15, 0.2) is 12.7 Å². The second-order valence-electron chi connectivity index (χ2n) is 3.71. The lowest BCUT2D eigenvalue weighted by Crippen LogP contribution is -2.54. The van der Waals surface area contributed by atoms with Gasteiger partial charge in [0.1, 0.15) is 0 Å². The summed E-state index contributed by atoms with van der Waals surface area (Å²) >= 11 is 0. The summed E-state index contributed by atoms with van der Waals surface area (Å²) in [5.41, 5.74) is 0. The summed E-state index contributed by atoms with van der Waals surface area (Å²) in [5, 5.41) is 0. The Labute approximate surface area is 90.4 Å². The molecule has 5 nitrogen and oxygen atoms in total. The Morgan fingerprint density at radius 1 is 1.47 bits per heavy atom. The van der Waals surface area contributed by atoms with E-state index >= 15 is 0 Å². The quantitative estimate of drug-likeness (QED) is 0.612. The van der Waals surface area contributed by atoms with Gasteiger partial charge in [-0.25, -0.2) is 8.42 Å². The molecule has 86 valence electrons. The van der Waals surface area contributed by atoms with Crippen molar-refractivity contribution in [2.45, 2.75) is 13.0 Å². The maximum Gasteiger partial charge on any atom is 0.246 e. The number of carbonyl (C=O) groups excluding carboxylic acids is 1. The van der Waals surface area contributed by atoms with Gasteiger partial charge in [-0.05, 0) is 13.0 Å². The Bertz CT molecular complexity index is 364. The molecule has 0 saturated carbocycles. The third-order valence-corrected chi connectivity index (χ3v) is 3.87. The Balaban J connectivity index is 2.71. The highest BCUT2D eigenvalue weighted by Crippen LogP contribution is 2.13. The van der Waals surface area contributed by atoms with Gasteiger partial charge in [0.2, 0.25) is 15.9 Å². The fourth-order valence-electron chi connectivity index (χ4n) is 1.76. The number of sulfonamides is 1. The summed E-state index contributed by atoms with van der Waals surface area (Å²) in [5.74, 6) is -0.144. The zero-order chi connectivity index (χ0) is 11.6. The van der Waals surface area contributed by atoms with Crippen molar-refractivity contribution in [2.24, 2.45) is 0 Å². The molecule has 0 aromatic heterocycles. The molecule has 1 amide bonds. The van der Waals surface area contributed by atoms with Crippen LogP contribution in [0.4, 0.5) is 0 Å². The number of rotatable bonds is 2. The third kappa shape index (κ3) is 2.79. The minimum atomic E-state index is -3.16. The van der Waals surface area contributed by atoms with Gasteiger partial charge in [0.15, 0.2) is 0 Å². The van der Waals surface area contributed by atoms with Gasteiger partial charge in [-0.3, -0.25) is 4.79 Å². The van der Waals surface area contributed by atoms with Gasteiger partial charge in [-0.2, -0.15) is 4.31 Å². The molecule has 0 aliphatic carbocycles. The molecule has 1 heterocycles. The lowest BCUT2D eigenvalue weighted by atomic mass is 10.2. The molecule has 1 aliphatic heterocycles. The van der Waals surface area contributed by atoms with Crippen LogP contribution >= 0.6 is 0 Å². The number of amides is 1. The van der Waals surface area contributed by atoms with Gasteiger partial charge in [-0.15, -0.1) is 0 Å². The van der Waals surface area contributed by atoms with Gasteiger partial charge >= 0.3 is 0 Å². The van der Waals surface area contributed by atoms with Crippen LogP contribution in [0.1, 0.15) is 6.92 Å². The fraction of sp³-hybridized carbons (Fsp3) is 0.667. The largest absolute Gasteiger partial charge is 0.336 e. The molecule has 6 heteroatoms.